The zero-order chi connectivity index (χ0) is 28.3. The predicted octanol–water partition coefficient (Wildman–Crippen LogP) is 7.81. The van der Waals surface area contributed by atoms with E-state index in [1.807, 2.05) is 20.8 Å². The molecule has 0 aliphatic rings. The molecule has 0 aliphatic carbocycles. The van der Waals surface area contributed by atoms with Crippen LogP contribution in [0.1, 0.15) is 47.0 Å². The molecule has 0 aliphatic heterocycles. The van der Waals surface area contributed by atoms with E-state index < -0.39 is 51.1 Å². The van der Waals surface area contributed by atoms with Gasteiger partial charge in [0.05, 0.1) is 0 Å². The van der Waals surface area contributed by atoms with Crippen LogP contribution in [-0.2, 0) is 29.7 Å². The van der Waals surface area contributed by atoms with Gasteiger partial charge in [-0.3, -0.25) is 0 Å². The topological polar surface area (TPSA) is 64.6 Å². The first-order valence-corrected chi connectivity index (χ1v) is 30.6. The van der Waals surface area contributed by atoms with Crippen LogP contribution in [0, 0.1) is 0 Å². The van der Waals surface area contributed by atoms with Crippen molar-refractivity contribution in [2.45, 2.75) is 131 Å². The fourth-order valence-electron chi connectivity index (χ4n) is 4.75. The number of unbranched alkanes of at least 4 members (excludes halogenated alkanes) is 1. The lowest BCUT2D eigenvalue weighted by Crippen LogP contribution is -2.60. The molecule has 0 saturated carbocycles. The second-order valence-corrected chi connectivity index (χ2v) is 35.0. The van der Waals surface area contributed by atoms with Gasteiger partial charge in [-0.15, -0.1) is 0 Å². The quantitative estimate of drug-likeness (QED) is 0.122. The maximum atomic E-state index is 7.18. The molecule has 0 N–H and O–H groups in total. The lowest BCUT2D eigenvalue weighted by Gasteiger charge is -2.44. The SMILES string of the molecule is CCCC[Si](C)(O[Si](C)(C)C)O[Si](C)(CCC[Si](OCC)(OCC)OCC)O[Si](C)(C)O[Si](C)(C)C. The fraction of sp³-hybridized carbons (Fsp3) is 1.00. The molecule has 2 unspecified atom stereocenters. The minimum atomic E-state index is -2.72. The Morgan fingerprint density at radius 3 is 1.25 bits per heavy atom. The molecule has 36 heavy (non-hydrogen) atoms. The van der Waals surface area contributed by atoms with E-state index in [1.165, 1.54) is 0 Å². The van der Waals surface area contributed by atoms with Gasteiger partial charge in [0, 0.05) is 25.9 Å². The zero-order valence-corrected chi connectivity index (χ0v) is 32.2. The normalized spacial score (nSPS) is 17.2. The fourth-order valence-corrected chi connectivity index (χ4v) is 31.7. The van der Waals surface area contributed by atoms with E-state index in [0.29, 0.717) is 19.8 Å². The Labute approximate surface area is 230 Å². The van der Waals surface area contributed by atoms with Crippen molar-refractivity contribution in [3.63, 3.8) is 0 Å². The van der Waals surface area contributed by atoms with Crippen LogP contribution in [0.2, 0.25) is 83.6 Å². The molecule has 13 heteroatoms. The Kier molecular flexibility index (Phi) is 16.2. The summed E-state index contributed by atoms with van der Waals surface area (Å²) in [5.41, 5.74) is 0. The van der Waals surface area contributed by atoms with Crippen LogP contribution in [0.4, 0.5) is 0 Å². The Morgan fingerprint density at radius 2 is 0.861 bits per heavy atom. The highest BCUT2D eigenvalue weighted by Crippen LogP contribution is 2.33. The average molecular weight is 617 g/mol. The van der Waals surface area contributed by atoms with Gasteiger partial charge in [-0.05, 0) is 105 Å². The van der Waals surface area contributed by atoms with Crippen LogP contribution < -0.4 is 0 Å². The first kappa shape index (κ1) is 37.0. The summed E-state index contributed by atoms with van der Waals surface area (Å²) in [5.74, 6) is 0. The minimum Gasteiger partial charge on any atom is -0.437 e. The first-order chi connectivity index (χ1) is 16.3. The molecule has 0 fully saturated rings. The van der Waals surface area contributed by atoms with Crippen molar-refractivity contribution in [1.29, 1.82) is 0 Å². The highest BCUT2D eigenvalue weighted by molar-refractivity contribution is 6.91. The second kappa shape index (κ2) is 15.7. The molecule has 7 nitrogen and oxygen atoms in total. The van der Waals surface area contributed by atoms with Gasteiger partial charge in [-0.1, -0.05) is 19.8 Å². The highest BCUT2D eigenvalue weighted by Gasteiger charge is 2.49. The van der Waals surface area contributed by atoms with Crippen LogP contribution in [0.3, 0.4) is 0 Å². The largest absolute Gasteiger partial charge is 0.500 e. The van der Waals surface area contributed by atoms with Crippen LogP contribution >= 0.6 is 0 Å². The Hall–Kier alpha value is 1.02. The molecule has 0 aromatic carbocycles. The van der Waals surface area contributed by atoms with Crippen molar-refractivity contribution < 1.29 is 29.7 Å². The van der Waals surface area contributed by atoms with Crippen molar-refractivity contribution in [1.82, 2.24) is 0 Å². The van der Waals surface area contributed by atoms with Gasteiger partial charge in [0.1, 0.15) is 0 Å². The van der Waals surface area contributed by atoms with Crippen LogP contribution in [0.25, 0.3) is 0 Å². The van der Waals surface area contributed by atoms with E-state index in [2.05, 4.69) is 72.4 Å². The van der Waals surface area contributed by atoms with Gasteiger partial charge in [0.2, 0.25) is 0 Å². The molecule has 0 amide bonds. The molecule has 0 spiro atoms. The Morgan fingerprint density at radius 1 is 0.444 bits per heavy atom. The van der Waals surface area contributed by atoms with Gasteiger partial charge in [0.25, 0.3) is 0 Å². The molecule has 0 rings (SSSR count). The van der Waals surface area contributed by atoms with Crippen LogP contribution in [0.5, 0.6) is 0 Å². The monoisotopic (exact) mass is 616 g/mol. The number of hydrogen-bond acceptors (Lipinski definition) is 7. The molecule has 2 atom stereocenters. The van der Waals surface area contributed by atoms with E-state index >= 15 is 0 Å². The molecule has 0 saturated heterocycles. The summed E-state index contributed by atoms with van der Waals surface area (Å²) < 4.78 is 46.0. The molecule has 0 aromatic rings. The summed E-state index contributed by atoms with van der Waals surface area (Å²) in [4.78, 5) is 0. The van der Waals surface area contributed by atoms with E-state index in [4.69, 9.17) is 29.7 Å². The smallest absolute Gasteiger partial charge is 0.437 e. The van der Waals surface area contributed by atoms with Crippen molar-refractivity contribution in [3.8, 4) is 0 Å². The minimum absolute atomic E-state index is 0.587. The maximum absolute atomic E-state index is 7.18. The third-order valence-corrected chi connectivity index (χ3v) is 26.6. The Balaban J connectivity index is 6.04. The molecule has 0 radical (unpaired) electrons. The number of rotatable bonds is 21. The van der Waals surface area contributed by atoms with Gasteiger partial charge < -0.3 is 29.7 Å². The lowest BCUT2D eigenvalue weighted by atomic mass is 10.4. The molecular formula is C23H60O7Si6. The van der Waals surface area contributed by atoms with Gasteiger partial charge in [-0.2, -0.15) is 0 Å². The maximum Gasteiger partial charge on any atom is 0.500 e. The third-order valence-electron chi connectivity index (χ3n) is 5.16. The summed E-state index contributed by atoms with van der Waals surface area (Å²) >= 11 is 0. The molecule has 0 heterocycles. The van der Waals surface area contributed by atoms with Gasteiger partial charge in [0.15, 0.2) is 16.6 Å². The molecule has 0 bridgehead atoms. The molecule has 218 valence electrons. The standard InChI is InChI=1S/C23H60O7Si6/c1-15-19-21-34(13,28-32(8,9)10)30-35(14,29-33(11,12)27-31(5,6)7)22-20-23-36(24-16-2,25-17-3)26-18-4/h15-23H2,1-14H3. The van der Waals surface area contributed by atoms with E-state index in [1.54, 1.807) is 0 Å². The summed E-state index contributed by atoms with van der Waals surface area (Å²) in [6.07, 6.45) is 3.11. The summed E-state index contributed by atoms with van der Waals surface area (Å²) in [7, 11) is -13.8. The van der Waals surface area contributed by atoms with Crippen molar-refractivity contribution in [3.05, 3.63) is 0 Å². The van der Waals surface area contributed by atoms with E-state index in [-0.39, 0.29) is 0 Å². The summed E-state index contributed by atoms with van der Waals surface area (Å²) in [5, 5.41) is 0. The zero-order valence-electron chi connectivity index (χ0n) is 26.2. The highest BCUT2D eigenvalue weighted by atomic mass is 28.5. The number of hydrogen-bond donors (Lipinski definition) is 0. The van der Waals surface area contributed by atoms with Crippen LogP contribution in [-0.4, -0.2) is 70.9 Å². The van der Waals surface area contributed by atoms with Crippen molar-refractivity contribution >= 4 is 51.1 Å². The predicted molar refractivity (Wildman–Crippen MR) is 166 cm³/mol. The average Bonchev–Trinajstić information content (AvgIpc) is 2.62. The van der Waals surface area contributed by atoms with Crippen molar-refractivity contribution in [2.24, 2.45) is 0 Å². The summed E-state index contributed by atoms with van der Waals surface area (Å²) in [6, 6.07) is 2.59. The van der Waals surface area contributed by atoms with E-state index in [9.17, 15) is 0 Å². The molecule has 0 aromatic heterocycles. The lowest BCUT2D eigenvalue weighted by molar-refractivity contribution is 0.0710. The van der Waals surface area contributed by atoms with Crippen molar-refractivity contribution in [2.75, 3.05) is 19.8 Å². The Bertz CT molecular complexity index is 598. The third kappa shape index (κ3) is 16.2. The molecular weight excluding hydrogens is 557 g/mol. The van der Waals surface area contributed by atoms with Gasteiger partial charge in [-0.25, -0.2) is 0 Å². The second-order valence-electron chi connectivity index (χ2n) is 12.2. The van der Waals surface area contributed by atoms with Gasteiger partial charge >= 0.3 is 34.5 Å². The summed E-state index contributed by atoms with van der Waals surface area (Å²) in [6.45, 7) is 32.3. The first-order valence-electron chi connectivity index (χ1n) is 14.0. The van der Waals surface area contributed by atoms with Crippen LogP contribution in [0.15, 0.2) is 0 Å². The van der Waals surface area contributed by atoms with E-state index in [0.717, 1.165) is 37.4 Å².